The van der Waals surface area contributed by atoms with Crippen LogP contribution in [-0.4, -0.2) is 55.4 Å². The van der Waals surface area contributed by atoms with E-state index in [4.69, 9.17) is 14.5 Å². The van der Waals surface area contributed by atoms with Crippen LogP contribution in [0.2, 0.25) is 0 Å². The largest absolute Gasteiger partial charge is 0.493 e. The van der Waals surface area contributed by atoms with Gasteiger partial charge in [-0.15, -0.1) is 0 Å². The summed E-state index contributed by atoms with van der Waals surface area (Å²) in [5.41, 5.74) is 4.86. The van der Waals surface area contributed by atoms with Gasteiger partial charge in [-0.1, -0.05) is 0 Å². The summed E-state index contributed by atoms with van der Waals surface area (Å²) in [6.45, 7) is 11.5. The average molecular weight is 412 g/mol. The number of nitrogens with zero attached hydrogens (tertiary/aromatic N) is 2. The SMILES string of the molecule is COC(C)(C)CNc1nc2cc(OCCCN3CCCC3)c(C)cc2c2c1CCC2. The van der Waals surface area contributed by atoms with Crippen molar-refractivity contribution in [3.05, 3.63) is 28.8 Å². The second-order valence-corrected chi connectivity index (χ2v) is 9.47. The summed E-state index contributed by atoms with van der Waals surface area (Å²) < 4.78 is 11.8. The Morgan fingerprint density at radius 1 is 1.10 bits per heavy atom. The molecule has 0 radical (unpaired) electrons. The maximum atomic E-state index is 6.19. The number of aryl methyl sites for hydroxylation is 2. The molecular weight excluding hydrogens is 374 g/mol. The molecule has 5 nitrogen and oxygen atoms in total. The van der Waals surface area contributed by atoms with Crippen molar-refractivity contribution in [2.75, 3.05) is 45.2 Å². The van der Waals surface area contributed by atoms with Crippen molar-refractivity contribution in [1.29, 1.82) is 0 Å². The summed E-state index contributed by atoms with van der Waals surface area (Å²) in [6.07, 6.45) is 7.20. The first-order chi connectivity index (χ1) is 14.5. The van der Waals surface area contributed by atoms with Crippen LogP contribution in [0.1, 0.15) is 56.2 Å². The van der Waals surface area contributed by atoms with Gasteiger partial charge in [0.15, 0.2) is 0 Å². The molecule has 2 heterocycles. The van der Waals surface area contributed by atoms with Crippen molar-refractivity contribution in [1.82, 2.24) is 9.88 Å². The monoisotopic (exact) mass is 411 g/mol. The Labute approximate surface area is 181 Å². The number of hydrogen-bond acceptors (Lipinski definition) is 5. The van der Waals surface area contributed by atoms with Crippen LogP contribution < -0.4 is 10.1 Å². The van der Waals surface area contributed by atoms with Gasteiger partial charge in [-0.3, -0.25) is 0 Å². The van der Waals surface area contributed by atoms with E-state index in [-0.39, 0.29) is 5.60 Å². The van der Waals surface area contributed by atoms with Gasteiger partial charge in [-0.05, 0) is 95.1 Å². The van der Waals surface area contributed by atoms with Crippen LogP contribution >= 0.6 is 0 Å². The Kier molecular flexibility index (Phi) is 6.49. The molecular formula is C25H37N3O2. The van der Waals surface area contributed by atoms with E-state index in [1.807, 2.05) is 0 Å². The van der Waals surface area contributed by atoms with Crippen LogP contribution in [0.25, 0.3) is 10.9 Å². The Morgan fingerprint density at radius 3 is 2.63 bits per heavy atom. The number of fused-ring (bicyclic) bond motifs is 3. The molecule has 1 saturated heterocycles. The predicted molar refractivity (Wildman–Crippen MR) is 124 cm³/mol. The predicted octanol–water partition coefficient (Wildman–Crippen LogP) is 4.73. The Bertz CT molecular complexity index is 888. The summed E-state index contributed by atoms with van der Waals surface area (Å²) in [7, 11) is 1.76. The van der Waals surface area contributed by atoms with E-state index in [1.54, 1.807) is 7.11 Å². The molecule has 5 heteroatoms. The molecule has 30 heavy (non-hydrogen) atoms. The lowest BCUT2D eigenvalue weighted by atomic mass is 10.0. The zero-order chi connectivity index (χ0) is 21.1. The summed E-state index contributed by atoms with van der Waals surface area (Å²) in [6, 6.07) is 4.43. The maximum absolute atomic E-state index is 6.19. The van der Waals surface area contributed by atoms with Crippen molar-refractivity contribution in [3.8, 4) is 5.75 Å². The molecule has 0 bridgehead atoms. The zero-order valence-electron chi connectivity index (χ0n) is 19.1. The van der Waals surface area contributed by atoms with Gasteiger partial charge >= 0.3 is 0 Å². The first-order valence-electron chi connectivity index (χ1n) is 11.6. The summed E-state index contributed by atoms with van der Waals surface area (Å²) in [5, 5.41) is 4.86. The standard InChI is InChI=1S/C25H37N3O2/c1-18-15-21-19-9-7-10-20(19)24(26-17-25(2,3)29-4)27-22(21)16-23(18)30-14-8-13-28-11-5-6-12-28/h15-16H,5-14,17H2,1-4H3,(H,26,27). The number of likely N-dealkylation sites (tertiary alicyclic amines) is 1. The molecule has 0 unspecified atom stereocenters. The second-order valence-electron chi connectivity index (χ2n) is 9.47. The fraction of sp³-hybridized carbons (Fsp3) is 0.640. The van der Waals surface area contributed by atoms with Crippen LogP contribution in [0.5, 0.6) is 5.75 Å². The Morgan fingerprint density at radius 2 is 1.87 bits per heavy atom. The normalized spacial score (nSPS) is 16.9. The first kappa shape index (κ1) is 21.4. The summed E-state index contributed by atoms with van der Waals surface area (Å²) in [5.74, 6) is 1.99. The molecule has 1 N–H and O–H groups in total. The Balaban J connectivity index is 1.52. The van der Waals surface area contributed by atoms with E-state index >= 15 is 0 Å². The minimum atomic E-state index is -0.223. The number of ether oxygens (including phenoxy) is 2. The molecule has 0 amide bonds. The number of hydrogen-bond donors (Lipinski definition) is 1. The molecule has 1 aliphatic carbocycles. The van der Waals surface area contributed by atoms with Gasteiger partial charge < -0.3 is 19.7 Å². The fourth-order valence-electron chi connectivity index (χ4n) is 4.65. The molecule has 1 fully saturated rings. The third kappa shape index (κ3) is 4.73. The van der Waals surface area contributed by atoms with Gasteiger partial charge in [0.1, 0.15) is 11.6 Å². The van der Waals surface area contributed by atoms with Crippen molar-refractivity contribution in [2.24, 2.45) is 0 Å². The molecule has 0 spiro atoms. The van der Waals surface area contributed by atoms with Gasteiger partial charge in [0.2, 0.25) is 0 Å². The highest BCUT2D eigenvalue weighted by Gasteiger charge is 2.23. The first-order valence-corrected chi connectivity index (χ1v) is 11.6. The number of methoxy groups -OCH3 is 1. The van der Waals surface area contributed by atoms with Crippen LogP contribution in [0.4, 0.5) is 5.82 Å². The van der Waals surface area contributed by atoms with Crippen LogP contribution in [-0.2, 0) is 17.6 Å². The van der Waals surface area contributed by atoms with Crippen molar-refractivity contribution in [3.63, 3.8) is 0 Å². The quantitative estimate of drug-likeness (QED) is 0.604. The van der Waals surface area contributed by atoms with Crippen LogP contribution in [0, 0.1) is 6.92 Å². The lowest BCUT2D eigenvalue weighted by molar-refractivity contribution is 0.0343. The topological polar surface area (TPSA) is 46.6 Å². The van der Waals surface area contributed by atoms with E-state index < -0.39 is 0 Å². The molecule has 1 aromatic carbocycles. The summed E-state index contributed by atoms with van der Waals surface area (Å²) >= 11 is 0. The fourth-order valence-corrected chi connectivity index (χ4v) is 4.65. The number of rotatable bonds is 9. The van der Waals surface area contributed by atoms with E-state index in [1.165, 1.54) is 54.4 Å². The molecule has 1 aromatic heterocycles. The van der Waals surface area contributed by atoms with Gasteiger partial charge in [0.25, 0.3) is 0 Å². The highest BCUT2D eigenvalue weighted by atomic mass is 16.5. The highest BCUT2D eigenvalue weighted by Crippen LogP contribution is 2.36. The minimum absolute atomic E-state index is 0.223. The lowest BCUT2D eigenvalue weighted by Crippen LogP contribution is -2.32. The van der Waals surface area contributed by atoms with Crippen molar-refractivity contribution in [2.45, 2.75) is 64.9 Å². The van der Waals surface area contributed by atoms with Gasteiger partial charge in [0.05, 0.1) is 17.7 Å². The average Bonchev–Trinajstić information content (AvgIpc) is 3.42. The van der Waals surface area contributed by atoms with Gasteiger partial charge in [-0.25, -0.2) is 4.98 Å². The number of pyridine rings is 1. The molecule has 4 rings (SSSR count). The van der Waals surface area contributed by atoms with Crippen LogP contribution in [0.15, 0.2) is 12.1 Å². The van der Waals surface area contributed by atoms with Crippen LogP contribution in [0.3, 0.4) is 0 Å². The van der Waals surface area contributed by atoms with E-state index in [2.05, 4.69) is 43.1 Å². The maximum Gasteiger partial charge on any atom is 0.130 e. The Hall–Kier alpha value is -1.85. The zero-order valence-corrected chi connectivity index (χ0v) is 19.1. The third-order valence-electron chi connectivity index (χ3n) is 6.66. The van der Waals surface area contributed by atoms with E-state index in [0.29, 0.717) is 0 Å². The smallest absolute Gasteiger partial charge is 0.130 e. The molecule has 0 saturated carbocycles. The lowest BCUT2D eigenvalue weighted by Gasteiger charge is -2.24. The second kappa shape index (κ2) is 9.11. The van der Waals surface area contributed by atoms with Crippen molar-refractivity contribution >= 4 is 16.7 Å². The molecule has 2 aromatic rings. The third-order valence-corrected chi connectivity index (χ3v) is 6.66. The number of benzene rings is 1. The molecule has 2 aliphatic rings. The molecule has 164 valence electrons. The summed E-state index contributed by atoms with van der Waals surface area (Å²) in [4.78, 5) is 7.56. The number of anilines is 1. The minimum Gasteiger partial charge on any atom is -0.493 e. The molecule has 1 aliphatic heterocycles. The van der Waals surface area contributed by atoms with Gasteiger partial charge in [0, 0.05) is 31.7 Å². The van der Waals surface area contributed by atoms with E-state index in [9.17, 15) is 0 Å². The van der Waals surface area contributed by atoms with E-state index in [0.717, 1.165) is 56.0 Å². The number of nitrogens with one attached hydrogen (secondary N) is 1. The molecule has 0 atom stereocenters. The highest BCUT2D eigenvalue weighted by molar-refractivity contribution is 5.88. The number of aromatic nitrogens is 1. The van der Waals surface area contributed by atoms with Crippen molar-refractivity contribution < 1.29 is 9.47 Å². The van der Waals surface area contributed by atoms with Gasteiger partial charge in [-0.2, -0.15) is 0 Å².